The molecule has 0 aliphatic carbocycles. The summed E-state index contributed by atoms with van der Waals surface area (Å²) in [7, 11) is 0. The van der Waals surface area contributed by atoms with Gasteiger partial charge in [-0.05, 0) is 43.5 Å². The fourth-order valence-electron chi connectivity index (χ4n) is 1.96. The summed E-state index contributed by atoms with van der Waals surface area (Å²) in [6.07, 6.45) is 2.05. The van der Waals surface area contributed by atoms with E-state index < -0.39 is 0 Å². The zero-order chi connectivity index (χ0) is 15.1. The second-order valence-corrected chi connectivity index (χ2v) is 5.46. The van der Waals surface area contributed by atoms with Gasteiger partial charge in [0.25, 0.3) is 5.91 Å². The van der Waals surface area contributed by atoms with E-state index in [1.807, 2.05) is 43.5 Å². The maximum atomic E-state index is 11.8. The van der Waals surface area contributed by atoms with E-state index in [1.54, 1.807) is 17.8 Å². The fraction of sp³-hybridized carbons (Fsp3) is 0.312. The third-order valence-electron chi connectivity index (χ3n) is 2.93. The summed E-state index contributed by atoms with van der Waals surface area (Å²) in [5.74, 6) is 2.70. The summed E-state index contributed by atoms with van der Waals surface area (Å²) in [6.45, 7) is 3.14. The number of hydrogen-bond acceptors (Lipinski definition) is 4. The number of nitrogens with one attached hydrogen (secondary N) is 2. The molecule has 1 amide bonds. The lowest BCUT2D eigenvalue weighted by molar-refractivity contribution is 0.0956. The maximum absolute atomic E-state index is 11.8. The highest BCUT2D eigenvalue weighted by atomic mass is 32.2. The van der Waals surface area contributed by atoms with Gasteiger partial charge in [-0.3, -0.25) is 4.79 Å². The molecule has 0 fully saturated rings. The van der Waals surface area contributed by atoms with E-state index in [0.29, 0.717) is 18.7 Å². The number of carbonyl (C=O) groups excluding carboxylic acids is 1. The van der Waals surface area contributed by atoms with Crippen molar-refractivity contribution in [2.75, 3.05) is 18.1 Å². The fourth-order valence-corrected chi connectivity index (χ4v) is 2.40. The van der Waals surface area contributed by atoms with Crippen LogP contribution in [0.4, 0.5) is 5.69 Å². The van der Waals surface area contributed by atoms with Crippen molar-refractivity contribution in [1.82, 2.24) is 5.32 Å². The van der Waals surface area contributed by atoms with Crippen LogP contribution >= 0.6 is 11.8 Å². The van der Waals surface area contributed by atoms with Gasteiger partial charge in [0.15, 0.2) is 0 Å². The molecule has 0 saturated carbocycles. The Bertz CT molecular complexity index is 595. The Morgan fingerprint density at radius 2 is 2.05 bits per heavy atom. The van der Waals surface area contributed by atoms with E-state index in [1.165, 1.54) is 0 Å². The largest absolute Gasteiger partial charge is 0.463 e. The van der Waals surface area contributed by atoms with Crippen molar-refractivity contribution >= 4 is 23.4 Å². The molecule has 1 aromatic heterocycles. The van der Waals surface area contributed by atoms with Crippen LogP contribution in [0.5, 0.6) is 0 Å². The second-order valence-electron chi connectivity index (χ2n) is 4.59. The first-order valence-electron chi connectivity index (χ1n) is 6.91. The van der Waals surface area contributed by atoms with Crippen molar-refractivity contribution in [3.63, 3.8) is 0 Å². The van der Waals surface area contributed by atoms with Crippen molar-refractivity contribution in [1.29, 1.82) is 0 Å². The van der Waals surface area contributed by atoms with E-state index in [0.717, 1.165) is 23.0 Å². The van der Waals surface area contributed by atoms with Crippen molar-refractivity contribution < 1.29 is 9.21 Å². The molecule has 0 aliphatic heterocycles. The van der Waals surface area contributed by atoms with E-state index in [-0.39, 0.29) is 5.91 Å². The molecule has 0 unspecified atom stereocenters. The second kappa shape index (κ2) is 7.78. The van der Waals surface area contributed by atoms with Crippen LogP contribution < -0.4 is 10.6 Å². The van der Waals surface area contributed by atoms with Crippen LogP contribution in [-0.4, -0.2) is 18.7 Å². The number of hydrogen-bond donors (Lipinski definition) is 2. The molecule has 2 rings (SSSR count). The normalized spacial score (nSPS) is 10.4. The minimum absolute atomic E-state index is 0.0543. The van der Waals surface area contributed by atoms with Gasteiger partial charge >= 0.3 is 0 Å². The Kier molecular flexibility index (Phi) is 5.75. The molecule has 0 atom stereocenters. The molecular weight excluding hydrogens is 284 g/mol. The summed E-state index contributed by atoms with van der Waals surface area (Å²) in [5.41, 5.74) is 1.56. The summed E-state index contributed by atoms with van der Waals surface area (Å²) >= 11 is 1.73. The van der Waals surface area contributed by atoms with Gasteiger partial charge in [0, 0.05) is 17.8 Å². The number of benzene rings is 1. The first kappa shape index (κ1) is 15.5. The van der Waals surface area contributed by atoms with Gasteiger partial charge in [-0.15, -0.1) is 0 Å². The molecule has 0 spiro atoms. The van der Waals surface area contributed by atoms with Crippen LogP contribution in [0.3, 0.4) is 0 Å². The Balaban J connectivity index is 1.96. The number of rotatable bonds is 7. The monoisotopic (exact) mass is 304 g/mol. The highest BCUT2D eigenvalue weighted by Gasteiger charge is 2.05. The van der Waals surface area contributed by atoms with E-state index in [2.05, 4.69) is 10.6 Å². The van der Waals surface area contributed by atoms with Crippen LogP contribution in [-0.2, 0) is 12.3 Å². The molecule has 1 aromatic carbocycles. The van der Waals surface area contributed by atoms with Crippen LogP contribution in [0.15, 0.2) is 40.8 Å². The van der Waals surface area contributed by atoms with E-state index in [9.17, 15) is 4.79 Å². The zero-order valence-electron chi connectivity index (χ0n) is 12.3. The highest BCUT2D eigenvalue weighted by molar-refractivity contribution is 7.97. The molecule has 2 N–H and O–H groups in total. The maximum Gasteiger partial charge on any atom is 0.251 e. The Labute approximate surface area is 129 Å². The quantitative estimate of drug-likeness (QED) is 0.822. The third kappa shape index (κ3) is 4.56. The zero-order valence-corrected chi connectivity index (χ0v) is 13.1. The first-order chi connectivity index (χ1) is 10.2. The number of amides is 1. The molecule has 0 saturated heterocycles. The van der Waals surface area contributed by atoms with Gasteiger partial charge in [-0.25, -0.2) is 0 Å². The lowest BCUT2D eigenvalue weighted by Gasteiger charge is -2.07. The molecule has 0 bridgehead atoms. The molecule has 4 nitrogen and oxygen atoms in total. The van der Waals surface area contributed by atoms with E-state index in [4.69, 9.17) is 4.42 Å². The van der Waals surface area contributed by atoms with Gasteiger partial charge in [-0.2, -0.15) is 11.8 Å². The molecular formula is C16H20N2O2S. The van der Waals surface area contributed by atoms with Crippen LogP contribution in [0, 0.1) is 0 Å². The Morgan fingerprint density at radius 3 is 2.81 bits per heavy atom. The minimum atomic E-state index is -0.0543. The average molecular weight is 304 g/mol. The average Bonchev–Trinajstić information content (AvgIpc) is 2.94. The SMILES string of the molecule is CCNC(=O)c1cccc(NCc2ccc(CSC)o2)c1. The molecule has 2 aromatic rings. The van der Waals surface area contributed by atoms with Gasteiger partial charge in [0.05, 0.1) is 12.3 Å². The molecule has 112 valence electrons. The predicted molar refractivity (Wildman–Crippen MR) is 87.7 cm³/mol. The van der Waals surface area contributed by atoms with Gasteiger partial charge < -0.3 is 15.1 Å². The van der Waals surface area contributed by atoms with Gasteiger partial charge in [-0.1, -0.05) is 6.07 Å². The Morgan fingerprint density at radius 1 is 1.24 bits per heavy atom. The highest BCUT2D eigenvalue weighted by Crippen LogP contribution is 2.16. The van der Waals surface area contributed by atoms with Gasteiger partial charge in [0.1, 0.15) is 11.5 Å². The van der Waals surface area contributed by atoms with Crippen molar-refractivity contribution in [2.45, 2.75) is 19.2 Å². The molecule has 1 heterocycles. The van der Waals surface area contributed by atoms with Crippen molar-refractivity contribution in [2.24, 2.45) is 0 Å². The van der Waals surface area contributed by atoms with Crippen LogP contribution in [0.1, 0.15) is 28.8 Å². The summed E-state index contributed by atoms with van der Waals surface area (Å²) < 4.78 is 5.70. The standard InChI is InChI=1S/C16H20N2O2S/c1-3-17-16(19)12-5-4-6-13(9-12)18-10-14-7-8-15(20-14)11-21-2/h4-9,18H,3,10-11H2,1-2H3,(H,17,19). The lowest BCUT2D eigenvalue weighted by atomic mass is 10.2. The summed E-state index contributed by atoms with van der Waals surface area (Å²) in [6, 6.07) is 11.4. The number of anilines is 1. The third-order valence-corrected chi connectivity index (χ3v) is 3.51. The minimum Gasteiger partial charge on any atom is -0.463 e. The van der Waals surface area contributed by atoms with Crippen molar-refractivity contribution in [3.8, 4) is 0 Å². The molecule has 5 heteroatoms. The van der Waals surface area contributed by atoms with Crippen LogP contribution in [0.25, 0.3) is 0 Å². The van der Waals surface area contributed by atoms with Crippen LogP contribution in [0.2, 0.25) is 0 Å². The van der Waals surface area contributed by atoms with E-state index >= 15 is 0 Å². The Hall–Kier alpha value is -1.88. The summed E-state index contributed by atoms with van der Waals surface area (Å²) in [5, 5.41) is 6.07. The summed E-state index contributed by atoms with van der Waals surface area (Å²) in [4.78, 5) is 11.8. The number of carbonyl (C=O) groups is 1. The molecule has 21 heavy (non-hydrogen) atoms. The smallest absolute Gasteiger partial charge is 0.251 e. The predicted octanol–water partition coefficient (Wildman–Crippen LogP) is 3.50. The number of furan rings is 1. The molecule has 0 aliphatic rings. The lowest BCUT2D eigenvalue weighted by Crippen LogP contribution is -2.22. The first-order valence-corrected chi connectivity index (χ1v) is 8.31. The topological polar surface area (TPSA) is 54.3 Å². The molecule has 0 radical (unpaired) electrons. The van der Waals surface area contributed by atoms with Gasteiger partial charge in [0.2, 0.25) is 0 Å². The van der Waals surface area contributed by atoms with Crippen molar-refractivity contribution in [3.05, 3.63) is 53.5 Å². The number of thioether (sulfide) groups is 1.